The number of rotatable bonds is 13. The highest BCUT2D eigenvalue weighted by atomic mass is 35.5. The average molecular weight is 605 g/mol. The van der Waals surface area contributed by atoms with E-state index in [1.807, 2.05) is 37.3 Å². The number of carbonyl (C=O) groups is 2. The molecular formula is C30H35Cl2N3O4S. The van der Waals surface area contributed by atoms with Gasteiger partial charge in [0, 0.05) is 29.6 Å². The van der Waals surface area contributed by atoms with Gasteiger partial charge in [0.2, 0.25) is 21.8 Å². The Morgan fingerprint density at radius 3 is 2.27 bits per heavy atom. The van der Waals surface area contributed by atoms with Crippen LogP contribution in [0.3, 0.4) is 0 Å². The molecule has 0 saturated heterocycles. The maximum Gasteiger partial charge on any atom is 0.244 e. The number of halogens is 2. The van der Waals surface area contributed by atoms with Crippen LogP contribution in [0, 0.1) is 6.92 Å². The second-order valence-electron chi connectivity index (χ2n) is 9.66. The van der Waals surface area contributed by atoms with Gasteiger partial charge in [0.1, 0.15) is 12.6 Å². The average Bonchev–Trinajstić information content (AvgIpc) is 2.91. The lowest BCUT2D eigenvalue weighted by atomic mass is 10.0. The molecule has 1 atom stereocenters. The third-order valence-corrected chi connectivity index (χ3v) is 8.23. The standard InChI is InChI=1S/C30H35Cl2N3O4S/c1-4-5-17-33-30(37)28(18-23-12-7-6-8-13-23)34(20-24-15-16-25(31)19-26(24)32)29(36)21-35(40(3,38)39)27-14-10-9-11-22(27)2/h6-16,19,28H,4-5,17-18,20-21H2,1-3H3,(H,33,37). The summed E-state index contributed by atoms with van der Waals surface area (Å²) in [5.74, 6) is -0.858. The smallest absolute Gasteiger partial charge is 0.244 e. The van der Waals surface area contributed by atoms with Crippen LogP contribution < -0.4 is 9.62 Å². The normalized spacial score (nSPS) is 12.0. The van der Waals surface area contributed by atoms with E-state index in [1.165, 1.54) is 4.90 Å². The number of unbranched alkanes of at least 4 members (excludes halogenated alkanes) is 1. The number of nitrogens with zero attached hydrogens (tertiary/aromatic N) is 2. The second kappa shape index (κ2) is 14.5. The van der Waals surface area contributed by atoms with E-state index in [0.717, 1.165) is 29.0 Å². The van der Waals surface area contributed by atoms with Gasteiger partial charge in [-0.25, -0.2) is 8.42 Å². The quantitative estimate of drug-likeness (QED) is 0.257. The number of carbonyl (C=O) groups excluding carboxylic acids is 2. The van der Waals surface area contributed by atoms with Crippen molar-refractivity contribution in [1.29, 1.82) is 0 Å². The van der Waals surface area contributed by atoms with E-state index in [1.54, 1.807) is 49.4 Å². The van der Waals surface area contributed by atoms with E-state index in [2.05, 4.69) is 5.32 Å². The molecule has 3 rings (SSSR count). The summed E-state index contributed by atoms with van der Waals surface area (Å²) >= 11 is 12.6. The number of sulfonamides is 1. The molecule has 2 amide bonds. The first-order valence-electron chi connectivity index (χ1n) is 13.1. The molecule has 0 aromatic heterocycles. The lowest BCUT2D eigenvalue weighted by Crippen LogP contribution is -2.53. The number of hydrogen-bond acceptors (Lipinski definition) is 4. The number of nitrogens with one attached hydrogen (secondary N) is 1. The van der Waals surface area contributed by atoms with Crippen molar-refractivity contribution in [1.82, 2.24) is 10.2 Å². The van der Waals surface area contributed by atoms with E-state index in [-0.39, 0.29) is 18.9 Å². The summed E-state index contributed by atoms with van der Waals surface area (Å²) in [4.78, 5) is 29.1. The molecule has 214 valence electrons. The first kappa shape index (κ1) is 31.5. The molecule has 0 heterocycles. The Morgan fingerprint density at radius 2 is 1.65 bits per heavy atom. The Labute approximate surface area is 247 Å². The Hall–Kier alpha value is -3.07. The molecule has 7 nitrogen and oxygen atoms in total. The van der Waals surface area contributed by atoms with Crippen LogP contribution >= 0.6 is 23.2 Å². The fourth-order valence-electron chi connectivity index (χ4n) is 4.33. The monoisotopic (exact) mass is 603 g/mol. The van der Waals surface area contributed by atoms with E-state index >= 15 is 0 Å². The van der Waals surface area contributed by atoms with Crippen molar-refractivity contribution in [2.45, 2.75) is 45.7 Å². The van der Waals surface area contributed by atoms with Crippen LogP contribution in [-0.2, 0) is 32.6 Å². The first-order chi connectivity index (χ1) is 19.0. The van der Waals surface area contributed by atoms with Gasteiger partial charge < -0.3 is 10.2 Å². The molecule has 1 N–H and O–H groups in total. The van der Waals surface area contributed by atoms with Crippen LogP contribution in [0.25, 0.3) is 0 Å². The fourth-order valence-corrected chi connectivity index (χ4v) is 5.71. The van der Waals surface area contributed by atoms with Crippen LogP contribution in [0.1, 0.15) is 36.5 Å². The van der Waals surface area contributed by atoms with Crippen molar-refractivity contribution in [3.8, 4) is 0 Å². The van der Waals surface area contributed by atoms with Crippen molar-refractivity contribution >= 4 is 50.7 Å². The zero-order valence-corrected chi connectivity index (χ0v) is 25.3. The van der Waals surface area contributed by atoms with E-state index in [0.29, 0.717) is 33.4 Å². The van der Waals surface area contributed by atoms with Gasteiger partial charge in [-0.3, -0.25) is 13.9 Å². The summed E-state index contributed by atoms with van der Waals surface area (Å²) in [6.45, 7) is 3.77. The maximum atomic E-state index is 14.1. The Morgan fingerprint density at radius 1 is 0.975 bits per heavy atom. The van der Waals surface area contributed by atoms with Crippen LogP contribution in [0.2, 0.25) is 10.0 Å². The number of para-hydroxylation sites is 1. The van der Waals surface area contributed by atoms with E-state index in [9.17, 15) is 18.0 Å². The van der Waals surface area contributed by atoms with Gasteiger partial charge in [-0.2, -0.15) is 0 Å². The molecule has 0 fully saturated rings. The van der Waals surface area contributed by atoms with Gasteiger partial charge in [0.15, 0.2) is 0 Å². The number of anilines is 1. The van der Waals surface area contributed by atoms with Gasteiger partial charge in [-0.1, -0.05) is 91.1 Å². The third kappa shape index (κ3) is 8.71. The maximum absolute atomic E-state index is 14.1. The highest BCUT2D eigenvalue weighted by Gasteiger charge is 2.33. The van der Waals surface area contributed by atoms with Gasteiger partial charge in [-0.05, 0) is 48.2 Å². The van der Waals surface area contributed by atoms with Crippen LogP contribution in [0.15, 0.2) is 72.8 Å². The third-order valence-electron chi connectivity index (χ3n) is 6.52. The fraction of sp³-hybridized carbons (Fsp3) is 0.333. The zero-order chi connectivity index (χ0) is 29.3. The molecular weight excluding hydrogens is 569 g/mol. The summed E-state index contributed by atoms with van der Waals surface area (Å²) in [6, 6.07) is 20.4. The van der Waals surface area contributed by atoms with E-state index in [4.69, 9.17) is 23.2 Å². The molecule has 0 aliphatic rings. The van der Waals surface area contributed by atoms with Crippen molar-refractivity contribution in [3.63, 3.8) is 0 Å². The van der Waals surface area contributed by atoms with Gasteiger partial charge in [-0.15, -0.1) is 0 Å². The molecule has 40 heavy (non-hydrogen) atoms. The summed E-state index contributed by atoms with van der Waals surface area (Å²) < 4.78 is 26.9. The predicted octanol–water partition coefficient (Wildman–Crippen LogP) is 5.62. The Balaban J connectivity index is 2.07. The van der Waals surface area contributed by atoms with Gasteiger partial charge in [0.05, 0.1) is 11.9 Å². The number of hydrogen-bond donors (Lipinski definition) is 1. The highest BCUT2D eigenvalue weighted by Crippen LogP contribution is 2.26. The second-order valence-corrected chi connectivity index (χ2v) is 12.4. The van der Waals surface area contributed by atoms with Crippen molar-refractivity contribution in [2.24, 2.45) is 0 Å². The molecule has 3 aromatic carbocycles. The molecule has 0 saturated carbocycles. The summed E-state index contributed by atoms with van der Waals surface area (Å²) in [5, 5.41) is 3.73. The van der Waals surface area contributed by atoms with Crippen molar-refractivity contribution in [2.75, 3.05) is 23.7 Å². The Bertz CT molecular complexity index is 1420. The molecule has 0 bridgehead atoms. The molecule has 0 aliphatic carbocycles. The minimum Gasteiger partial charge on any atom is -0.354 e. The first-order valence-corrected chi connectivity index (χ1v) is 15.7. The van der Waals surface area contributed by atoms with Crippen LogP contribution in [-0.4, -0.2) is 50.5 Å². The minimum absolute atomic E-state index is 0.0150. The van der Waals surface area contributed by atoms with Gasteiger partial charge >= 0.3 is 0 Å². The molecule has 1 unspecified atom stereocenters. The number of amides is 2. The molecule has 0 radical (unpaired) electrons. The van der Waals surface area contributed by atoms with Crippen LogP contribution in [0.5, 0.6) is 0 Å². The zero-order valence-electron chi connectivity index (χ0n) is 22.9. The molecule has 0 spiro atoms. The lowest BCUT2D eigenvalue weighted by molar-refractivity contribution is -0.140. The number of benzene rings is 3. The molecule has 0 aliphatic heterocycles. The lowest BCUT2D eigenvalue weighted by Gasteiger charge is -2.34. The van der Waals surface area contributed by atoms with Crippen LogP contribution in [0.4, 0.5) is 5.69 Å². The summed E-state index contributed by atoms with van der Waals surface area (Å²) in [5.41, 5.74) is 2.54. The highest BCUT2D eigenvalue weighted by molar-refractivity contribution is 7.92. The topological polar surface area (TPSA) is 86.8 Å². The van der Waals surface area contributed by atoms with Crippen molar-refractivity contribution in [3.05, 3.63) is 99.5 Å². The van der Waals surface area contributed by atoms with Gasteiger partial charge in [0.25, 0.3) is 0 Å². The van der Waals surface area contributed by atoms with Crippen molar-refractivity contribution < 1.29 is 18.0 Å². The SMILES string of the molecule is CCCCNC(=O)C(Cc1ccccc1)N(Cc1ccc(Cl)cc1Cl)C(=O)CN(c1ccccc1C)S(C)(=O)=O. The predicted molar refractivity (Wildman–Crippen MR) is 162 cm³/mol. The summed E-state index contributed by atoms with van der Waals surface area (Å²) in [7, 11) is -3.84. The minimum atomic E-state index is -3.84. The molecule has 3 aromatic rings. The molecule has 10 heteroatoms. The Kier molecular flexibility index (Phi) is 11.4. The largest absolute Gasteiger partial charge is 0.354 e. The summed E-state index contributed by atoms with van der Waals surface area (Å²) in [6.07, 6.45) is 2.98. The number of aryl methyl sites for hydroxylation is 1. The van der Waals surface area contributed by atoms with E-state index < -0.39 is 28.5 Å².